The summed E-state index contributed by atoms with van der Waals surface area (Å²) in [5.74, 6) is 1.03. The van der Waals surface area contributed by atoms with Crippen molar-refractivity contribution in [3.8, 4) is 17.1 Å². The SMILES string of the molecule is CC(C)(C)NC(=O)CSc1nnc(-c2ccc(C(C)(C)C)cc2)n1-c1ccccc1. The van der Waals surface area contributed by atoms with Crippen molar-refractivity contribution in [2.45, 2.75) is 57.7 Å². The Balaban J connectivity index is 1.94. The van der Waals surface area contributed by atoms with Crippen molar-refractivity contribution < 1.29 is 4.79 Å². The fourth-order valence-electron chi connectivity index (χ4n) is 3.06. The van der Waals surface area contributed by atoms with E-state index in [1.54, 1.807) is 0 Å². The number of aromatic nitrogens is 3. The minimum absolute atomic E-state index is 0.0220. The van der Waals surface area contributed by atoms with E-state index in [1.807, 2.05) is 55.7 Å². The molecule has 0 radical (unpaired) electrons. The normalized spacial score (nSPS) is 12.1. The summed E-state index contributed by atoms with van der Waals surface area (Å²) < 4.78 is 2.02. The van der Waals surface area contributed by atoms with Crippen LogP contribution < -0.4 is 5.32 Å². The first-order valence-electron chi connectivity index (χ1n) is 10.1. The number of hydrogen-bond donors (Lipinski definition) is 1. The standard InChI is InChI=1S/C24H30N4OS/c1-23(2,3)18-14-12-17(13-15-18)21-26-27-22(28(21)19-10-8-7-9-11-19)30-16-20(29)25-24(4,5)6/h7-15H,16H2,1-6H3,(H,25,29). The summed E-state index contributed by atoms with van der Waals surface area (Å²) >= 11 is 1.39. The molecule has 30 heavy (non-hydrogen) atoms. The summed E-state index contributed by atoms with van der Waals surface area (Å²) in [6.07, 6.45) is 0. The van der Waals surface area contributed by atoms with Crippen LogP contribution in [0.25, 0.3) is 17.1 Å². The molecule has 3 aromatic rings. The average Bonchev–Trinajstić information content (AvgIpc) is 3.09. The van der Waals surface area contributed by atoms with Crippen LogP contribution in [0.15, 0.2) is 59.8 Å². The van der Waals surface area contributed by atoms with Crippen molar-refractivity contribution in [3.63, 3.8) is 0 Å². The van der Waals surface area contributed by atoms with Crippen molar-refractivity contribution in [2.75, 3.05) is 5.75 Å². The van der Waals surface area contributed by atoms with Crippen molar-refractivity contribution in [1.29, 1.82) is 0 Å². The lowest BCUT2D eigenvalue weighted by Crippen LogP contribution is -2.41. The molecule has 0 saturated carbocycles. The van der Waals surface area contributed by atoms with Gasteiger partial charge in [0.1, 0.15) is 0 Å². The molecular weight excluding hydrogens is 392 g/mol. The van der Waals surface area contributed by atoms with Gasteiger partial charge in [-0.3, -0.25) is 9.36 Å². The van der Waals surface area contributed by atoms with Crippen molar-refractivity contribution >= 4 is 17.7 Å². The molecule has 0 aliphatic rings. The number of amides is 1. The number of carbonyl (C=O) groups is 1. The Hall–Kier alpha value is -2.60. The summed E-state index contributed by atoms with van der Waals surface area (Å²) in [6.45, 7) is 12.5. The molecule has 5 nitrogen and oxygen atoms in total. The molecule has 1 amide bonds. The summed E-state index contributed by atoms with van der Waals surface area (Å²) in [5.41, 5.74) is 3.06. The minimum Gasteiger partial charge on any atom is -0.351 e. The Morgan fingerprint density at radius 1 is 0.933 bits per heavy atom. The van der Waals surface area contributed by atoms with Crippen LogP contribution in [0.5, 0.6) is 0 Å². The largest absolute Gasteiger partial charge is 0.351 e. The third-order valence-electron chi connectivity index (χ3n) is 4.50. The predicted octanol–water partition coefficient (Wildman–Crippen LogP) is 5.24. The van der Waals surface area contributed by atoms with E-state index in [0.717, 1.165) is 17.1 Å². The molecule has 0 aliphatic carbocycles. The van der Waals surface area contributed by atoms with E-state index in [-0.39, 0.29) is 22.6 Å². The Morgan fingerprint density at radius 3 is 2.13 bits per heavy atom. The smallest absolute Gasteiger partial charge is 0.230 e. The first kappa shape index (κ1) is 22.1. The van der Waals surface area contributed by atoms with Gasteiger partial charge >= 0.3 is 0 Å². The highest BCUT2D eigenvalue weighted by Gasteiger charge is 2.20. The zero-order valence-electron chi connectivity index (χ0n) is 18.6. The molecule has 0 atom stereocenters. The second kappa shape index (κ2) is 8.64. The summed E-state index contributed by atoms with van der Waals surface area (Å²) in [4.78, 5) is 12.3. The van der Waals surface area contributed by atoms with Gasteiger partial charge in [-0.2, -0.15) is 0 Å². The maximum atomic E-state index is 12.3. The summed E-state index contributed by atoms with van der Waals surface area (Å²) in [7, 11) is 0. The molecule has 0 unspecified atom stereocenters. The van der Waals surface area contributed by atoms with Gasteiger partial charge < -0.3 is 5.32 Å². The first-order valence-corrected chi connectivity index (χ1v) is 11.1. The molecule has 2 aromatic carbocycles. The van der Waals surface area contributed by atoms with Gasteiger partial charge in [-0.05, 0) is 43.9 Å². The zero-order chi connectivity index (χ0) is 21.9. The lowest BCUT2D eigenvalue weighted by atomic mass is 9.87. The highest BCUT2D eigenvalue weighted by atomic mass is 32.2. The number of carbonyl (C=O) groups excluding carboxylic acids is 1. The fourth-order valence-corrected chi connectivity index (χ4v) is 3.82. The van der Waals surface area contributed by atoms with E-state index in [1.165, 1.54) is 17.3 Å². The summed E-state index contributed by atoms with van der Waals surface area (Å²) in [6, 6.07) is 18.5. The van der Waals surface area contributed by atoms with Crippen molar-refractivity contribution in [3.05, 3.63) is 60.2 Å². The van der Waals surface area contributed by atoms with Crippen LogP contribution in [-0.4, -0.2) is 32.0 Å². The van der Waals surface area contributed by atoms with Crippen LogP contribution in [-0.2, 0) is 10.2 Å². The Bertz CT molecular complexity index is 996. The van der Waals surface area contributed by atoms with Crippen LogP contribution >= 0.6 is 11.8 Å². The topological polar surface area (TPSA) is 59.8 Å². The number of hydrogen-bond acceptors (Lipinski definition) is 4. The van der Waals surface area contributed by atoms with Gasteiger partial charge in [0, 0.05) is 16.8 Å². The fraction of sp³-hybridized carbons (Fsp3) is 0.375. The van der Waals surface area contributed by atoms with Gasteiger partial charge in [-0.15, -0.1) is 10.2 Å². The maximum absolute atomic E-state index is 12.3. The molecule has 6 heteroatoms. The molecule has 1 heterocycles. The summed E-state index contributed by atoms with van der Waals surface area (Å²) in [5, 5.41) is 12.6. The molecule has 0 spiro atoms. The lowest BCUT2D eigenvalue weighted by Gasteiger charge is -2.20. The molecule has 0 bridgehead atoms. The van der Waals surface area contributed by atoms with Crippen molar-refractivity contribution in [1.82, 2.24) is 20.1 Å². The highest BCUT2D eigenvalue weighted by molar-refractivity contribution is 7.99. The van der Waals surface area contributed by atoms with Gasteiger partial charge in [0.2, 0.25) is 5.91 Å². The van der Waals surface area contributed by atoms with Gasteiger partial charge in [-0.1, -0.05) is 75.0 Å². The monoisotopic (exact) mass is 422 g/mol. The number of thioether (sulfide) groups is 1. The van der Waals surface area contributed by atoms with Crippen LogP contribution in [0.4, 0.5) is 0 Å². The van der Waals surface area contributed by atoms with E-state index in [2.05, 4.69) is 60.6 Å². The second-order valence-electron chi connectivity index (χ2n) is 9.39. The third-order valence-corrected chi connectivity index (χ3v) is 5.43. The molecule has 0 saturated heterocycles. The van der Waals surface area contributed by atoms with Crippen LogP contribution in [0.1, 0.15) is 47.1 Å². The molecule has 0 aliphatic heterocycles. The van der Waals surface area contributed by atoms with E-state index < -0.39 is 0 Å². The van der Waals surface area contributed by atoms with E-state index >= 15 is 0 Å². The Kier molecular flexibility index (Phi) is 6.36. The van der Waals surface area contributed by atoms with E-state index in [4.69, 9.17) is 0 Å². The Labute approximate surface area is 183 Å². The average molecular weight is 423 g/mol. The van der Waals surface area contributed by atoms with Crippen molar-refractivity contribution in [2.24, 2.45) is 0 Å². The molecule has 1 N–H and O–H groups in total. The second-order valence-corrected chi connectivity index (χ2v) is 10.3. The molecule has 158 valence electrons. The van der Waals surface area contributed by atoms with Crippen LogP contribution in [0, 0.1) is 0 Å². The molecule has 3 rings (SSSR count). The van der Waals surface area contributed by atoms with Gasteiger partial charge in [0.25, 0.3) is 0 Å². The van der Waals surface area contributed by atoms with Crippen LogP contribution in [0.2, 0.25) is 0 Å². The number of rotatable bonds is 5. The van der Waals surface area contributed by atoms with E-state index in [9.17, 15) is 4.79 Å². The lowest BCUT2D eigenvalue weighted by molar-refractivity contribution is -0.119. The Morgan fingerprint density at radius 2 is 1.57 bits per heavy atom. The van der Waals surface area contributed by atoms with Gasteiger partial charge in [0.15, 0.2) is 11.0 Å². The minimum atomic E-state index is -0.259. The number of benzene rings is 2. The quantitative estimate of drug-likeness (QED) is 0.571. The predicted molar refractivity (Wildman–Crippen MR) is 124 cm³/mol. The van der Waals surface area contributed by atoms with Crippen LogP contribution in [0.3, 0.4) is 0 Å². The number of para-hydroxylation sites is 1. The van der Waals surface area contributed by atoms with Gasteiger partial charge in [-0.25, -0.2) is 0 Å². The van der Waals surface area contributed by atoms with E-state index in [0.29, 0.717) is 5.16 Å². The van der Waals surface area contributed by atoms with Gasteiger partial charge in [0.05, 0.1) is 5.75 Å². The first-order chi connectivity index (χ1) is 14.0. The maximum Gasteiger partial charge on any atom is 0.230 e. The highest BCUT2D eigenvalue weighted by Crippen LogP contribution is 2.30. The molecule has 0 fully saturated rings. The number of nitrogens with one attached hydrogen (secondary N) is 1. The number of nitrogens with zero attached hydrogens (tertiary/aromatic N) is 3. The molecular formula is C24H30N4OS. The zero-order valence-corrected chi connectivity index (χ0v) is 19.4. The molecule has 1 aromatic heterocycles. The third kappa shape index (κ3) is 5.51.